The fourth-order valence-corrected chi connectivity index (χ4v) is 8.31. The van der Waals surface area contributed by atoms with E-state index < -0.39 is 28.8 Å². The van der Waals surface area contributed by atoms with Crippen molar-refractivity contribution in [1.82, 2.24) is 14.4 Å². The number of piperazine rings is 1. The second kappa shape index (κ2) is 15.6. The average Bonchev–Trinajstić information content (AvgIpc) is 3.20. The van der Waals surface area contributed by atoms with E-state index in [4.69, 9.17) is 4.74 Å². The number of carbonyl (C=O) groups is 2. The van der Waals surface area contributed by atoms with Crippen molar-refractivity contribution >= 4 is 39.8 Å². The van der Waals surface area contributed by atoms with Crippen LogP contribution in [0.2, 0.25) is 0 Å². The number of carbonyl (C=O) groups excluding carboxylic acids is 2. The summed E-state index contributed by atoms with van der Waals surface area (Å²) < 4.78 is 54.1. The van der Waals surface area contributed by atoms with Gasteiger partial charge in [0.2, 0.25) is 5.43 Å². The minimum atomic E-state index is -0.832. The number of halogens is 3. The Morgan fingerprint density at radius 1 is 0.877 bits per heavy atom. The van der Waals surface area contributed by atoms with Crippen LogP contribution in [0.1, 0.15) is 63.6 Å². The minimum absolute atomic E-state index is 0.0149. The molecular formula is C44H45F3N6O4. The fraction of sp³-hybridized carbons (Fsp3) is 0.341. The number of nitrogens with one attached hydrogen (secondary N) is 1. The van der Waals surface area contributed by atoms with Crippen LogP contribution in [-0.4, -0.2) is 86.2 Å². The summed E-state index contributed by atoms with van der Waals surface area (Å²) in [7, 11) is 3.62. The van der Waals surface area contributed by atoms with Gasteiger partial charge in [-0.05, 0) is 74.2 Å². The quantitative estimate of drug-likeness (QED) is 0.181. The molecule has 4 aromatic carbocycles. The van der Waals surface area contributed by atoms with Gasteiger partial charge in [0.1, 0.15) is 35.2 Å². The number of likely N-dealkylation sites (tertiary alicyclic amines) is 1. The third kappa shape index (κ3) is 7.43. The Hall–Kier alpha value is -5.82. The second-order valence-electron chi connectivity index (χ2n) is 15.4. The number of rotatable bonds is 8. The molecule has 1 N–H and O–H groups in total. The lowest BCUT2D eigenvalue weighted by atomic mass is 9.89. The lowest BCUT2D eigenvalue weighted by molar-refractivity contribution is 0.0710. The van der Waals surface area contributed by atoms with Crippen molar-refractivity contribution in [1.29, 1.82) is 0 Å². The number of hydrogen-bond donors (Lipinski definition) is 1. The summed E-state index contributed by atoms with van der Waals surface area (Å²) in [6.45, 7) is 6.22. The van der Waals surface area contributed by atoms with Crippen LogP contribution in [0.15, 0.2) is 83.8 Å². The molecule has 0 radical (unpaired) electrons. The highest BCUT2D eigenvalue weighted by atomic mass is 19.1. The summed E-state index contributed by atoms with van der Waals surface area (Å²) in [5, 5.41) is 2.87. The van der Waals surface area contributed by atoms with Crippen molar-refractivity contribution in [2.24, 2.45) is 0 Å². The Morgan fingerprint density at radius 3 is 2.21 bits per heavy atom. The van der Waals surface area contributed by atoms with Crippen molar-refractivity contribution in [2.45, 2.75) is 38.3 Å². The Morgan fingerprint density at radius 2 is 1.54 bits per heavy atom. The molecule has 0 aliphatic carbocycles. The van der Waals surface area contributed by atoms with Gasteiger partial charge in [-0.15, -0.1) is 0 Å². The number of likely N-dealkylation sites (N-methyl/N-ethyl adjacent to an activating group) is 1. The lowest BCUT2D eigenvalue weighted by Crippen LogP contribution is -2.45. The van der Waals surface area contributed by atoms with Crippen LogP contribution in [0, 0.1) is 17.5 Å². The summed E-state index contributed by atoms with van der Waals surface area (Å²) in [5.74, 6) is -2.73. The molecule has 2 amide bonds. The molecule has 1 unspecified atom stereocenters. The summed E-state index contributed by atoms with van der Waals surface area (Å²) in [5.41, 5.74) is 2.42. The minimum Gasteiger partial charge on any atom is -0.487 e. The predicted molar refractivity (Wildman–Crippen MR) is 215 cm³/mol. The number of hydrogen-bond acceptors (Lipinski definition) is 7. The fourth-order valence-electron chi connectivity index (χ4n) is 8.31. The molecule has 3 aliphatic rings. The van der Waals surface area contributed by atoms with Gasteiger partial charge in [-0.3, -0.25) is 14.4 Å². The Bertz CT molecular complexity index is 2370. The number of ether oxygens (including phenoxy) is 1. The number of aromatic nitrogens is 1. The van der Waals surface area contributed by atoms with Gasteiger partial charge in [0, 0.05) is 70.3 Å². The van der Waals surface area contributed by atoms with Crippen LogP contribution in [0.5, 0.6) is 5.75 Å². The van der Waals surface area contributed by atoms with Crippen LogP contribution < -0.4 is 25.3 Å². The van der Waals surface area contributed by atoms with Gasteiger partial charge in [0.05, 0.1) is 16.9 Å². The third-order valence-corrected chi connectivity index (χ3v) is 11.5. The highest BCUT2D eigenvalue weighted by molar-refractivity contribution is 6.04. The van der Waals surface area contributed by atoms with Crippen molar-refractivity contribution in [3.63, 3.8) is 0 Å². The van der Waals surface area contributed by atoms with E-state index in [1.54, 1.807) is 30.3 Å². The number of nitrogens with zero attached hydrogens (tertiary/aromatic N) is 5. The van der Waals surface area contributed by atoms with Gasteiger partial charge >= 0.3 is 0 Å². The molecule has 1 atom stereocenters. The monoisotopic (exact) mass is 778 g/mol. The van der Waals surface area contributed by atoms with Gasteiger partial charge < -0.3 is 34.2 Å². The molecular weight excluding hydrogens is 734 g/mol. The Labute approximate surface area is 329 Å². The van der Waals surface area contributed by atoms with E-state index in [2.05, 4.69) is 10.2 Å². The van der Waals surface area contributed by atoms with Crippen LogP contribution in [0.3, 0.4) is 0 Å². The Balaban J connectivity index is 0.922. The first-order valence-corrected chi connectivity index (χ1v) is 19.4. The van der Waals surface area contributed by atoms with Crippen LogP contribution >= 0.6 is 0 Å². The average molecular weight is 779 g/mol. The normalized spacial score (nSPS) is 17.4. The number of pyridine rings is 1. The predicted octanol–water partition coefficient (Wildman–Crippen LogP) is 7.03. The molecule has 5 aromatic rings. The van der Waals surface area contributed by atoms with E-state index >= 15 is 13.2 Å². The highest BCUT2D eigenvalue weighted by Gasteiger charge is 2.33. The molecule has 4 heterocycles. The first-order chi connectivity index (χ1) is 27.5. The topological polar surface area (TPSA) is 90.4 Å². The van der Waals surface area contributed by atoms with Gasteiger partial charge in [0.15, 0.2) is 11.6 Å². The summed E-state index contributed by atoms with van der Waals surface area (Å²) in [6.07, 6.45) is 2.93. The number of piperidine rings is 1. The van der Waals surface area contributed by atoms with Crippen LogP contribution in [0.25, 0.3) is 10.9 Å². The van der Waals surface area contributed by atoms with Gasteiger partial charge in [-0.1, -0.05) is 42.5 Å². The van der Waals surface area contributed by atoms with Gasteiger partial charge in [-0.25, -0.2) is 13.2 Å². The molecule has 13 heteroatoms. The summed E-state index contributed by atoms with van der Waals surface area (Å²) in [4.78, 5) is 48.2. The van der Waals surface area contributed by atoms with E-state index in [1.807, 2.05) is 65.9 Å². The third-order valence-electron chi connectivity index (χ3n) is 11.5. The second-order valence-corrected chi connectivity index (χ2v) is 15.4. The summed E-state index contributed by atoms with van der Waals surface area (Å²) in [6, 6.07) is 19.8. The van der Waals surface area contributed by atoms with Crippen molar-refractivity contribution in [3.05, 3.63) is 129 Å². The zero-order valence-corrected chi connectivity index (χ0v) is 32.2. The molecule has 2 saturated heterocycles. The van der Waals surface area contributed by atoms with Crippen molar-refractivity contribution in [3.8, 4) is 5.75 Å². The molecule has 8 rings (SSSR count). The summed E-state index contributed by atoms with van der Waals surface area (Å²) >= 11 is 0. The zero-order chi connectivity index (χ0) is 40.0. The molecule has 0 bridgehead atoms. The molecule has 296 valence electrons. The largest absolute Gasteiger partial charge is 0.487 e. The van der Waals surface area contributed by atoms with E-state index in [0.29, 0.717) is 68.2 Å². The van der Waals surface area contributed by atoms with E-state index in [0.717, 1.165) is 36.3 Å². The van der Waals surface area contributed by atoms with Gasteiger partial charge in [-0.2, -0.15) is 0 Å². The molecule has 57 heavy (non-hydrogen) atoms. The van der Waals surface area contributed by atoms with Crippen LogP contribution in [-0.2, 0) is 6.54 Å². The zero-order valence-electron chi connectivity index (χ0n) is 32.2. The number of anilines is 3. The van der Waals surface area contributed by atoms with E-state index in [1.165, 1.54) is 11.0 Å². The van der Waals surface area contributed by atoms with Gasteiger partial charge in [0.25, 0.3) is 11.8 Å². The lowest BCUT2D eigenvalue weighted by Gasteiger charge is -2.37. The maximum Gasteiger partial charge on any atom is 0.259 e. The highest BCUT2D eigenvalue weighted by Crippen LogP contribution is 2.42. The van der Waals surface area contributed by atoms with E-state index in [9.17, 15) is 14.4 Å². The van der Waals surface area contributed by atoms with E-state index in [-0.39, 0.29) is 46.7 Å². The molecule has 2 fully saturated rings. The molecule has 3 aliphatic heterocycles. The molecule has 1 aromatic heterocycles. The SMILES string of the molecule is CC1COc2c(N3CCN(C)CC3)c(F)cc3c(=O)c(C(=O)N4CCC(c5ccc(NC(=O)c6cc(F)c(N(C)Cc7ccccc7)c(F)c6)cc5)CC4)cn1c23. The standard InChI is InChI=1S/C44H45F3N6O4/c1-27-26-57-42-38-33(23-37(47)40(42)51-19-17-49(2)18-20-51)41(54)34(25-53(27)38)44(56)52-15-13-30(14-16-52)29-9-11-32(12-10-29)48-43(55)31-21-35(45)39(36(46)22-31)50(3)24-28-7-5-4-6-8-28/h4-12,21-23,25,27,30H,13-20,24,26H2,1-3H3,(H,48,55). The molecule has 10 nitrogen and oxygen atoms in total. The molecule has 0 spiro atoms. The number of benzene rings is 4. The maximum atomic E-state index is 15.8. The van der Waals surface area contributed by atoms with Crippen molar-refractivity contribution in [2.75, 3.05) is 75.1 Å². The first kappa shape index (κ1) is 38.1. The van der Waals surface area contributed by atoms with Crippen LogP contribution in [0.4, 0.5) is 30.2 Å². The Kier molecular flexibility index (Phi) is 10.4. The number of amides is 2. The maximum absolute atomic E-state index is 15.8. The molecule has 0 saturated carbocycles. The van der Waals surface area contributed by atoms with Crippen molar-refractivity contribution < 1.29 is 27.5 Å². The first-order valence-electron chi connectivity index (χ1n) is 19.4. The smallest absolute Gasteiger partial charge is 0.259 e.